The van der Waals surface area contributed by atoms with E-state index in [-0.39, 0.29) is 22.3 Å². The number of amides is 1. The van der Waals surface area contributed by atoms with Crippen molar-refractivity contribution in [1.29, 1.82) is 0 Å². The number of aliphatic hydroxyl groups excluding tert-OH is 1. The summed E-state index contributed by atoms with van der Waals surface area (Å²) in [6, 6.07) is 10.3. The lowest BCUT2D eigenvalue weighted by Crippen LogP contribution is -2.72. The number of ether oxygens (including phenoxy) is 1. The fraction of sp³-hybridized carbons (Fsp3) is 0.286. The summed E-state index contributed by atoms with van der Waals surface area (Å²) in [6.07, 6.45) is -0.906. The second kappa shape index (κ2) is 9.07. The van der Waals surface area contributed by atoms with Gasteiger partial charge in [0.2, 0.25) is 5.91 Å². The van der Waals surface area contributed by atoms with Crippen LogP contribution in [0.3, 0.4) is 0 Å². The molecule has 3 aliphatic rings. The number of carbonyl (C=O) groups excluding carboxylic acids is 6. The molecule has 2 aromatic rings. The van der Waals surface area contributed by atoms with Gasteiger partial charge in [0.15, 0.2) is 34.7 Å². The van der Waals surface area contributed by atoms with Gasteiger partial charge in [-0.2, -0.15) is 0 Å². The number of ketones is 4. The van der Waals surface area contributed by atoms with Gasteiger partial charge in [0.1, 0.15) is 5.75 Å². The molecule has 5 N–H and O–H groups in total. The van der Waals surface area contributed by atoms with E-state index < -0.39 is 82.6 Å². The van der Waals surface area contributed by atoms with Gasteiger partial charge in [-0.15, -0.1) is 0 Å². The van der Waals surface area contributed by atoms with Crippen LogP contribution in [0.1, 0.15) is 38.3 Å². The van der Waals surface area contributed by atoms with Gasteiger partial charge in [-0.25, -0.2) is 4.79 Å². The predicted molar refractivity (Wildman–Crippen MR) is 132 cm³/mol. The van der Waals surface area contributed by atoms with Crippen molar-refractivity contribution in [3.05, 3.63) is 64.7 Å². The van der Waals surface area contributed by atoms with Gasteiger partial charge >= 0.3 is 5.97 Å². The van der Waals surface area contributed by atoms with E-state index in [0.717, 1.165) is 0 Å². The van der Waals surface area contributed by atoms with Gasteiger partial charge in [0, 0.05) is 18.3 Å². The lowest BCUT2D eigenvalue weighted by atomic mass is 9.51. The van der Waals surface area contributed by atoms with Crippen LogP contribution in [0.25, 0.3) is 11.6 Å². The molecule has 200 valence electrons. The minimum atomic E-state index is -3.01. The monoisotopic (exact) mass is 533 g/mol. The van der Waals surface area contributed by atoms with E-state index in [4.69, 9.17) is 10.5 Å². The topological polar surface area (TPSA) is 198 Å². The number of phenolic OH excluding ortho intramolecular Hbond substituents is 1. The largest absolute Gasteiger partial charge is 0.507 e. The van der Waals surface area contributed by atoms with Crippen molar-refractivity contribution >= 4 is 46.7 Å². The van der Waals surface area contributed by atoms with Crippen molar-refractivity contribution in [1.82, 2.24) is 0 Å². The highest BCUT2D eigenvalue weighted by Crippen LogP contribution is 2.54. The van der Waals surface area contributed by atoms with Crippen molar-refractivity contribution in [2.45, 2.75) is 18.1 Å². The highest BCUT2D eigenvalue weighted by atomic mass is 16.5. The number of hydrogen-bond donors (Lipinski definition) is 4. The van der Waals surface area contributed by atoms with Gasteiger partial charge in [-0.3, -0.25) is 24.0 Å². The van der Waals surface area contributed by atoms with Crippen LogP contribution >= 0.6 is 0 Å². The zero-order valence-corrected chi connectivity index (χ0v) is 20.5. The molecule has 0 saturated heterocycles. The zero-order chi connectivity index (χ0) is 28.4. The highest BCUT2D eigenvalue weighted by molar-refractivity contribution is 6.32. The maximum absolute atomic E-state index is 13.8. The Kier molecular flexibility index (Phi) is 6.08. The molecule has 1 amide bonds. The quantitative estimate of drug-likeness (QED) is 0.310. The van der Waals surface area contributed by atoms with Crippen LogP contribution in [-0.4, -0.2) is 69.1 Å². The molecule has 0 aliphatic heterocycles. The number of benzene rings is 2. The molecule has 0 aromatic heterocycles. The smallest absolute Gasteiger partial charge is 0.337 e. The fourth-order valence-electron chi connectivity index (χ4n) is 6.05. The van der Waals surface area contributed by atoms with E-state index in [1.165, 1.54) is 37.4 Å². The third-order valence-electron chi connectivity index (χ3n) is 7.89. The molecule has 0 radical (unpaired) electrons. The first-order valence-electron chi connectivity index (χ1n) is 12.0. The Labute approximate surface area is 220 Å². The number of fused-ring (bicyclic) bond motifs is 3. The van der Waals surface area contributed by atoms with E-state index in [1.54, 1.807) is 18.2 Å². The zero-order valence-electron chi connectivity index (χ0n) is 20.5. The van der Waals surface area contributed by atoms with Crippen molar-refractivity contribution in [2.24, 2.45) is 29.4 Å². The van der Waals surface area contributed by atoms with Crippen LogP contribution in [0.4, 0.5) is 0 Å². The Morgan fingerprint density at radius 2 is 1.72 bits per heavy atom. The van der Waals surface area contributed by atoms with E-state index in [0.29, 0.717) is 5.56 Å². The van der Waals surface area contributed by atoms with Crippen LogP contribution in [-0.2, 0) is 23.9 Å². The van der Waals surface area contributed by atoms with E-state index >= 15 is 0 Å². The van der Waals surface area contributed by atoms with Crippen molar-refractivity contribution in [3.8, 4) is 5.75 Å². The van der Waals surface area contributed by atoms with Crippen LogP contribution in [0.5, 0.6) is 5.75 Å². The molecule has 11 heteroatoms. The number of carbonyl (C=O) groups is 6. The first-order chi connectivity index (χ1) is 18.4. The Balaban J connectivity index is 1.70. The summed E-state index contributed by atoms with van der Waals surface area (Å²) in [7, 11) is 1.23. The van der Waals surface area contributed by atoms with Crippen LogP contribution in [0.2, 0.25) is 0 Å². The van der Waals surface area contributed by atoms with Gasteiger partial charge in [-0.1, -0.05) is 30.3 Å². The molecule has 2 saturated carbocycles. The standard InChI is InChI=1S/C28H23NO10/c1-39-27(37)12-7-5-11(6-8-12)9-14-13-3-2-4-16(30)18(13)23(33)21-19(14)22(32)15-10-17(31)20(26(29)36)24(34)28(15,38)25(21)35/h2-9,15,19-22,30,32,38H,10H2,1H3,(H2,29,36)/t15-,19-,20?,21?,22-,28-/m1/s1. The normalized spacial score (nSPS) is 30.8. The minimum Gasteiger partial charge on any atom is -0.507 e. The van der Waals surface area contributed by atoms with E-state index in [9.17, 15) is 44.1 Å². The van der Waals surface area contributed by atoms with E-state index in [1.807, 2.05) is 0 Å². The van der Waals surface area contributed by atoms with Gasteiger partial charge in [0.25, 0.3) is 0 Å². The second-order valence-electron chi connectivity index (χ2n) is 9.88. The molecule has 0 spiro atoms. The summed E-state index contributed by atoms with van der Waals surface area (Å²) in [5.41, 5.74) is 3.12. The number of aliphatic hydroxyl groups is 2. The minimum absolute atomic E-state index is 0.207. The first-order valence-corrected chi connectivity index (χ1v) is 12.0. The van der Waals surface area contributed by atoms with Crippen molar-refractivity contribution < 1.29 is 48.8 Å². The third-order valence-corrected chi connectivity index (χ3v) is 7.89. The van der Waals surface area contributed by atoms with Crippen molar-refractivity contribution in [2.75, 3.05) is 7.11 Å². The second-order valence-corrected chi connectivity index (χ2v) is 9.88. The Bertz CT molecular complexity index is 1510. The maximum atomic E-state index is 13.8. The summed E-state index contributed by atoms with van der Waals surface area (Å²) < 4.78 is 4.70. The Morgan fingerprint density at radius 3 is 2.33 bits per heavy atom. The molecule has 6 atom stereocenters. The highest BCUT2D eigenvalue weighted by Gasteiger charge is 2.69. The molecule has 2 unspecified atom stereocenters. The van der Waals surface area contributed by atoms with Gasteiger partial charge in [-0.05, 0) is 34.9 Å². The molecule has 2 aromatic carbocycles. The molecule has 3 aliphatic carbocycles. The first kappa shape index (κ1) is 26.1. The maximum Gasteiger partial charge on any atom is 0.337 e. The summed E-state index contributed by atoms with van der Waals surface area (Å²) in [5.74, 6) is -13.9. The van der Waals surface area contributed by atoms with Crippen LogP contribution < -0.4 is 5.73 Å². The summed E-state index contributed by atoms with van der Waals surface area (Å²) in [4.78, 5) is 76.9. The lowest BCUT2D eigenvalue weighted by Gasteiger charge is -2.51. The number of esters is 1. The molecular formula is C28H23NO10. The van der Waals surface area contributed by atoms with E-state index in [2.05, 4.69) is 0 Å². The summed E-state index contributed by atoms with van der Waals surface area (Å²) in [6.45, 7) is 0. The predicted octanol–water partition coefficient (Wildman–Crippen LogP) is 0.0824. The number of phenols is 1. The van der Waals surface area contributed by atoms with Crippen molar-refractivity contribution in [3.63, 3.8) is 0 Å². The van der Waals surface area contributed by atoms with Gasteiger partial charge in [0.05, 0.1) is 30.3 Å². The molecule has 2 fully saturated rings. The molecule has 5 rings (SSSR count). The SMILES string of the molecule is COC(=O)c1ccc(C=C2c3cccc(O)c3C(=O)C3C(=O)[C@]4(O)C(=O)C(C(N)=O)C(=O)C[C@@H]4[C@@H](O)[C@H]23)cc1. The molecular weight excluding hydrogens is 510 g/mol. The average Bonchev–Trinajstić information content (AvgIpc) is 2.90. The molecule has 0 bridgehead atoms. The third kappa shape index (κ3) is 3.65. The molecule has 11 nitrogen and oxygen atoms in total. The Morgan fingerprint density at radius 1 is 1.05 bits per heavy atom. The number of rotatable bonds is 3. The molecule has 0 heterocycles. The fourth-order valence-corrected chi connectivity index (χ4v) is 6.05. The number of primary amides is 1. The summed E-state index contributed by atoms with van der Waals surface area (Å²) >= 11 is 0. The number of aromatic hydroxyl groups is 1. The van der Waals surface area contributed by atoms with Crippen LogP contribution in [0, 0.1) is 23.7 Å². The lowest BCUT2D eigenvalue weighted by molar-refractivity contribution is -0.185. The number of hydrogen-bond acceptors (Lipinski definition) is 10. The average molecular weight is 533 g/mol. The van der Waals surface area contributed by atoms with Gasteiger partial charge < -0.3 is 25.8 Å². The number of Topliss-reactive ketones (excluding diaryl/α,β-unsaturated/α-hetero) is 4. The number of nitrogens with two attached hydrogens (primary N) is 1. The molecule has 39 heavy (non-hydrogen) atoms. The summed E-state index contributed by atoms with van der Waals surface area (Å²) in [5, 5.41) is 33.5. The van der Waals surface area contributed by atoms with Crippen LogP contribution in [0.15, 0.2) is 42.5 Å². The Hall–Kier alpha value is -4.48. The number of methoxy groups -OCH3 is 1.